The van der Waals surface area contributed by atoms with E-state index in [4.69, 9.17) is 0 Å². The Balaban J connectivity index is 1.11. The highest BCUT2D eigenvalue weighted by Gasteiger charge is 2.39. The molecule has 2 saturated heterocycles. The molecule has 2 aromatic carbocycles. The number of nitrogens with one attached hydrogen (secondary N) is 1. The van der Waals surface area contributed by atoms with Crippen molar-refractivity contribution in [2.45, 2.75) is 44.7 Å². The molecule has 10 nitrogen and oxygen atoms in total. The van der Waals surface area contributed by atoms with Gasteiger partial charge in [0.25, 0.3) is 11.6 Å². The molecule has 3 aliphatic rings. The van der Waals surface area contributed by atoms with Crippen molar-refractivity contribution >= 4 is 29.1 Å². The lowest BCUT2D eigenvalue weighted by Gasteiger charge is -2.35. The molecule has 0 aromatic heterocycles. The second-order valence-corrected chi connectivity index (χ2v) is 9.87. The Bertz CT molecular complexity index is 1220. The summed E-state index contributed by atoms with van der Waals surface area (Å²) in [6, 6.07) is 12.1. The third-order valence-corrected chi connectivity index (χ3v) is 7.64. The van der Waals surface area contributed by atoms with Gasteiger partial charge in [-0.05, 0) is 55.5 Å². The van der Waals surface area contributed by atoms with Gasteiger partial charge in [0.1, 0.15) is 11.7 Å². The summed E-state index contributed by atoms with van der Waals surface area (Å²) in [7, 11) is 0. The fourth-order valence-electron chi connectivity index (χ4n) is 5.63. The van der Waals surface area contributed by atoms with Crippen molar-refractivity contribution in [3.63, 3.8) is 0 Å². The Labute approximate surface area is 215 Å². The van der Waals surface area contributed by atoms with Gasteiger partial charge in [0, 0.05) is 50.8 Å². The van der Waals surface area contributed by atoms with Gasteiger partial charge in [-0.25, -0.2) is 0 Å². The number of nitro groups is 1. The molecule has 3 amide bonds. The second-order valence-electron chi connectivity index (χ2n) is 9.87. The number of fused-ring (bicyclic) bond motifs is 1. The summed E-state index contributed by atoms with van der Waals surface area (Å²) < 4.78 is 0. The lowest BCUT2D eigenvalue weighted by Crippen LogP contribution is -2.52. The number of piperazine rings is 1. The molecule has 194 valence electrons. The van der Waals surface area contributed by atoms with Crippen LogP contribution < -0.4 is 10.2 Å². The first-order chi connectivity index (χ1) is 17.9. The van der Waals surface area contributed by atoms with Crippen LogP contribution in [0.5, 0.6) is 0 Å². The number of benzene rings is 2. The maximum Gasteiger partial charge on any atom is 0.292 e. The number of hydrogen-bond acceptors (Lipinski definition) is 7. The van der Waals surface area contributed by atoms with Crippen LogP contribution in [0.2, 0.25) is 0 Å². The van der Waals surface area contributed by atoms with Gasteiger partial charge in [0.15, 0.2) is 0 Å². The fraction of sp³-hybridized carbons (Fsp3) is 0.444. The van der Waals surface area contributed by atoms with E-state index in [1.165, 1.54) is 0 Å². The van der Waals surface area contributed by atoms with Crippen molar-refractivity contribution in [2.24, 2.45) is 0 Å². The number of para-hydroxylation sites is 2. The molecule has 0 spiro atoms. The average Bonchev–Trinajstić information content (AvgIpc) is 3.24. The molecule has 0 saturated carbocycles. The molecular weight excluding hydrogens is 474 g/mol. The van der Waals surface area contributed by atoms with Crippen LogP contribution in [0.25, 0.3) is 0 Å². The zero-order valence-corrected chi connectivity index (χ0v) is 20.7. The molecule has 0 bridgehead atoms. The molecule has 3 aliphatic heterocycles. The van der Waals surface area contributed by atoms with Crippen molar-refractivity contribution in [3.05, 3.63) is 69.3 Å². The first-order valence-corrected chi connectivity index (χ1v) is 12.9. The molecule has 0 radical (unpaired) electrons. The topological polar surface area (TPSA) is 116 Å². The van der Waals surface area contributed by atoms with E-state index < -0.39 is 6.04 Å². The van der Waals surface area contributed by atoms with E-state index in [-0.39, 0.29) is 34.8 Å². The number of piperidine rings is 1. The van der Waals surface area contributed by atoms with Gasteiger partial charge in [0.2, 0.25) is 11.8 Å². The minimum atomic E-state index is -0.596. The number of unbranched alkanes of at least 4 members (excludes halogenated alkanes) is 1. The van der Waals surface area contributed by atoms with Crippen LogP contribution in [0.4, 0.5) is 11.4 Å². The number of carbonyl (C=O) groups excluding carboxylic acids is 3. The Morgan fingerprint density at radius 2 is 1.76 bits per heavy atom. The fourth-order valence-corrected chi connectivity index (χ4v) is 5.63. The molecule has 2 fully saturated rings. The molecule has 0 aliphatic carbocycles. The summed E-state index contributed by atoms with van der Waals surface area (Å²) in [5.41, 5.74) is 3.64. The number of nitro benzene ring substituents is 1. The Hall–Kier alpha value is -3.79. The monoisotopic (exact) mass is 505 g/mol. The third kappa shape index (κ3) is 5.20. The van der Waals surface area contributed by atoms with Gasteiger partial charge in [-0.1, -0.05) is 24.3 Å². The minimum absolute atomic E-state index is 0.136. The van der Waals surface area contributed by atoms with Gasteiger partial charge in [0.05, 0.1) is 4.92 Å². The van der Waals surface area contributed by atoms with E-state index in [1.54, 1.807) is 17.0 Å². The summed E-state index contributed by atoms with van der Waals surface area (Å²) in [6.07, 6.45) is 3.47. The zero-order valence-electron chi connectivity index (χ0n) is 20.7. The summed E-state index contributed by atoms with van der Waals surface area (Å²) in [5.74, 6) is -0.808. The van der Waals surface area contributed by atoms with Crippen LogP contribution in [-0.4, -0.2) is 71.2 Å². The lowest BCUT2D eigenvalue weighted by atomic mass is 9.98. The highest BCUT2D eigenvalue weighted by molar-refractivity contribution is 6.05. The van der Waals surface area contributed by atoms with Gasteiger partial charge < -0.3 is 9.80 Å². The first kappa shape index (κ1) is 24.9. The summed E-state index contributed by atoms with van der Waals surface area (Å²) in [4.78, 5) is 54.0. The van der Waals surface area contributed by atoms with E-state index in [2.05, 4.69) is 21.2 Å². The first-order valence-electron chi connectivity index (χ1n) is 12.9. The van der Waals surface area contributed by atoms with E-state index in [0.717, 1.165) is 63.1 Å². The largest absolute Gasteiger partial charge is 0.363 e. The molecule has 3 heterocycles. The van der Waals surface area contributed by atoms with Crippen LogP contribution in [-0.2, 0) is 22.6 Å². The maximum atomic E-state index is 13.0. The van der Waals surface area contributed by atoms with E-state index >= 15 is 0 Å². The van der Waals surface area contributed by atoms with E-state index in [0.29, 0.717) is 24.2 Å². The average molecular weight is 506 g/mol. The molecule has 5 rings (SSSR count). The van der Waals surface area contributed by atoms with Crippen molar-refractivity contribution < 1.29 is 19.3 Å². The van der Waals surface area contributed by atoms with Gasteiger partial charge >= 0.3 is 0 Å². The van der Waals surface area contributed by atoms with Crippen LogP contribution in [0.1, 0.15) is 47.2 Å². The number of anilines is 1. The molecule has 1 unspecified atom stereocenters. The normalized spacial score (nSPS) is 20.2. The number of carbonyl (C=O) groups is 3. The van der Waals surface area contributed by atoms with Crippen molar-refractivity contribution in [1.29, 1.82) is 0 Å². The summed E-state index contributed by atoms with van der Waals surface area (Å²) in [5, 5.41) is 13.7. The van der Waals surface area contributed by atoms with Crippen molar-refractivity contribution in [1.82, 2.24) is 15.1 Å². The van der Waals surface area contributed by atoms with Crippen LogP contribution >= 0.6 is 0 Å². The molecule has 2 aromatic rings. The maximum absolute atomic E-state index is 13.0. The lowest BCUT2D eigenvalue weighted by molar-refractivity contribution is -0.384. The molecule has 1 N–H and O–H groups in total. The Morgan fingerprint density at radius 3 is 2.51 bits per heavy atom. The highest BCUT2D eigenvalue weighted by Crippen LogP contribution is 2.31. The van der Waals surface area contributed by atoms with Gasteiger partial charge in [-0.2, -0.15) is 0 Å². The predicted molar refractivity (Wildman–Crippen MR) is 137 cm³/mol. The summed E-state index contributed by atoms with van der Waals surface area (Å²) >= 11 is 0. The van der Waals surface area contributed by atoms with Crippen LogP contribution in [0, 0.1) is 10.1 Å². The van der Waals surface area contributed by atoms with E-state index in [9.17, 15) is 24.5 Å². The molecule has 1 atom stereocenters. The van der Waals surface area contributed by atoms with Gasteiger partial charge in [-0.3, -0.25) is 34.7 Å². The third-order valence-electron chi connectivity index (χ3n) is 7.64. The second kappa shape index (κ2) is 10.7. The molecule has 37 heavy (non-hydrogen) atoms. The number of aryl methyl sites for hydroxylation is 1. The van der Waals surface area contributed by atoms with Crippen molar-refractivity contribution in [2.75, 3.05) is 37.6 Å². The Morgan fingerprint density at radius 1 is 0.973 bits per heavy atom. The number of imide groups is 1. The number of amides is 3. The molecular formula is C27H31N5O5. The predicted octanol–water partition coefficient (Wildman–Crippen LogP) is 2.50. The zero-order chi connectivity index (χ0) is 25.9. The minimum Gasteiger partial charge on any atom is -0.363 e. The Kier molecular flexibility index (Phi) is 7.18. The highest BCUT2D eigenvalue weighted by atomic mass is 16.6. The number of nitrogens with zero attached hydrogens (tertiary/aromatic N) is 4. The van der Waals surface area contributed by atoms with Gasteiger partial charge in [-0.15, -0.1) is 0 Å². The standard InChI is InChI=1S/C27H31N5O5/c33-25-12-11-24(26(34)28-25)31-18-21-19(7-5-8-20(21)27(31)35)6-3-4-13-29-14-16-30(17-15-29)22-9-1-2-10-23(22)32(36)37/h1-2,5,7-10,24H,3-4,6,11-18H2,(H,28,33,34). The van der Waals surface area contributed by atoms with Crippen molar-refractivity contribution in [3.8, 4) is 0 Å². The van der Waals surface area contributed by atoms with Crippen LogP contribution in [0.3, 0.4) is 0 Å². The van der Waals surface area contributed by atoms with E-state index in [1.807, 2.05) is 24.3 Å². The molecule has 10 heteroatoms. The number of rotatable bonds is 8. The summed E-state index contributed by atoms with van der Waals surface area (Å²) in [6.45, 7) is 4.61. The number of hydrogen-bond donors (Lipinski definition) is 1. The quantitative estimate of drug-likeness (QED) is 0.254. The van der Waals surface area contributed by atoms with Crippen LogP contribution in [0.15, 0.2) is 42.5 Å². The smallest absolute Gasteiger partial charge is 0.292 e. The SMILES string of the molecule is O=C1CCC(N2Cc3c(CCCCN4CCN(c5ccccc5[N+](=O)[O-])CC4)cccc3C2=O)C(=O)N1.